The zero-order valence-corrected chi connectivity index (χ0v) is 34.8. The molecule has 55 heavy (non-hydrogen) atoms. The quantitative estimate of drug-likeness (QED) is 0.116. The van der Waals surface area contributed by atoms with Crippen molar-refractivity contribution in [1.29, 1.82) is 10.7 Å². The van der Waals surface area contributed by atoms with Crippen LogP contribution in [0, 0.1) is 22.2 Å². The Bertz CT molecular complexity index is 2080. The molecule has 0 saturated heterocycles. The van der Waals surface area contributed by atoms with E-state index in [4.69, 9.17) is 25.4 Å². The van der Waals surface area contributed by atoms with E-state index in [-0.39, 0.29) is 22.9 Å². The van der Waals surface area contributed by atoms with E-state index >= 15 is 0 Å². The largest absolute Gasteiger partial charge is 0.463 e. The molecular weight excluding hydrogens is 705 g/mol. The number of aliphatic imine (C=N–C) groups is 1. The number of anilines is 1. The third kappa shape index (κ3) is 9.18. The fourth-order valence-electron chi connectivity index (χ4n) is 7.48. The van der Waals surface area contributed by atoms with Crippen LogP contribution in [0.5, 0.6) is 6.01 Å². The van der Waals surface area contributed by atoms with Gasteiger partial charge in [-0.1, -0.05) is 84.9 Å². The van der Waals surface area contributed by atoms with Crippen molar-refractivity contribution in [2.75, 3.05) is 45.2 Å². The van der Waals surface area contributed by atoms with Gasteiger partial charge in [0.05, 0.1) is 47.1 Å². The highest BCUT2D eigenvalue weighted by molar-refractivity contribution is 7.19. The molecule has 1 aromatic carbocycles. The number of ether oxygens (including phenoxy) is 1. The maximum atomic E-state index is 12.7. The van der Waals surface area contributed by atoms with E-state index in [1.54, 1.807) is 31.5 Å². The molecular formula is C44H58N8O2S. The summed E-state index contributed by atoms with van der Waals surface area (Å²) in [7, 11) is 3.35. The number of nitriles is 1. The number of nitrogens with one attached hydrogen (secondary N) is 1. The van der Waals surface area contributed by atoms with Gasteiger partial charge in [-0.15, -0.1) is 11.3 Å². The SMILES string of the molecule is C/C=C1\C(=N)C(c2cccc3sc(C(C)C)c(C#N)c23)=Cc2nc(OCC(C)(CCCC)CCCCC)nc(N3CCCN=C(/C=C(\N)C(=O)N(C)C)C3)c21. The zero-order valence-electron chi connectivity index (χ0n) is 34.0. The maximum absolute atomic E-state index is 12.7. The molecule has 0 fully saturated rings. The van der Waals surface area contributed by atoms with Crippen LogP contribution in [-0.2, 0) is 4.79 Å². The fourth-order valence-corrected chi connectivity index (χ4v) is 8.67. The molecule has 11 heteroatoms. The molecule has 1 atom stereocenters. The number of nitrogens with zero attached hydrogens (tertiary/aromatic N) is 6. The molecule has 3 N–H and O–H groups in total. The second-order valence-electron chi connectivity index (χ2n) is 15.6. The molecule has 1 amide bonds. The van der Waals surface area contributed by atoms with Gasteiger partial charge in [-0.25, -0.2) is 0 Å². The Balaban J connectivity index is 1.68. The highest BCUT2D eigenvalue weighted by Crippen LogP contribution is 2.45. The number of thiophene rings is 1. The minimum Gasteiger partial charge on any atom is -0.463 e. The first kappa shape index (κ1) is 41.3. The van der Waals surface area contributed by atoms with Gasteiger partial charge < -0.3 is 20.3 Å². The summed E-state index contributed by atoms with van der Waals surface area (Å²) < 4.78 is 7.67. The molecule has 1 unspecified atom stereocenters. The summed E-state index contributed by atoms with van der Waals surface area (Å²) in [6.07, 6.45) is 14.2. The number of amides is 1. The second-order valence-corrected chi connectivity index (χ2v) is 16.7. The number of carbonyl (C=O) groups excluding carboxylic acids is 1. The van der Waals surface area contributed by atoms with Gasteiger partial charge >= 0.3 is 6.01 Å². The molecule has 2 aromatic heterocycles. The lowest BCUT2D eigenvalue weighted by atomic mass is 9.81. The lowest BCUT2D eigenvalue weighted by Gasteiger charge is -2.31. The first-order valence-corrected chi connectivity index (χ1v) is 20.6. The number of hydrogen-bond donors (Lipinski definition) is 2. The van der Waals surface area contributed by atoms with Crippen LogP contribution in [0.25, 0.3) is 27.3 Å². The Hall–Kier alpha value is -4.82. The molecule has 0 saturated carbocycles. The average molecular weight is 763 g/mol. The van der Waals surface area contributed by atoms with Gasteiger partial charge in [0.1, 0.15) is 11.9 Å². The standard InChI is InChI=1S/C44H58N8O2S/c1-9-12-14-20-44(6,19-13-10-2)27-54-43-49-35-24-32(31-17-15-18-36-37(31)33(25-45)40(55-36)28(4)5)39(47)30(11-3)38(35)41(50-43)52-22-16-21-48-29(26-52)23-34(46)42(53)51(7)8/h11,15,17-18,23-24,28,47H,9-10,12-14,16,19-22,26-27,46H2,1-8H3/b30-11-,34-23-,47-39?. The molecule has 5 rings (SSSR count). The molecule has 0 bridgehead atoms. The Morgan fingerprint density at radius 2 is 1.93 bits per heavy atom. The highest BCUT2D eigenvalue weighted by Gasteiger charge is 2.33. The first-order chi connectivity index (χ1) is 26.4. The number of aromatic nitrogens is 2. The van der Waals surface area contributed by atoms with Gasteiger partial charge in [0.2, 0.25) is 0 Å². The van der Waals surface area contributed by atoms with Gasteiger partial charge in [0.25, 0.3) is 5.91 Å². The minimum atomic E-state index is -0.276. The van der Waals surface area contributed by atoms with Crippen molar-refractivity contribution in [3.05, 3.63) is 63.3 Å². The van der Waals surface area contributed by atoms with Crippen LogP contribution in [0.4, 0.5) is 5.82 Å². The third-order valence-corrected chi connectivity index (χ3v) is 12.0. The molecule has 3 aromatic rings. The van der Waals surface area contributed by atoms with E-state index in [9.17, 15) is 15.5 Å². The lowest BCUT2D eigenvalue weighted by Crippen LogP contribution is -2.33. The van der Waals surface area contributed by atoms with Crippen molar-refractivity contribution in [3.8, 4) is 12.1 Å². The zero-order chi connectivity index (χ0) is 39.9. The summed E-state index contributed by atoms with van der Waals surface area (Å²) in [5, 5.41) is 21.0. The van der Waals surface area contributed by atoms with Gasteiger partial charge in [-0.2, -0.15) is 15.2 Å². The van der Waals surface area contributed by atoms with E-state index in [1.807, 2.05) is 31.2 Å². The topological polar surface area (TPSA) is 145 Å². The van der Waals surface area contributed by atoms with Crippen LogP contribution in [0.15, 0.2) is 41.0 Å². The number of fused-ring (bicyclic) bond motifs is 2. The Morgan fingerprint density at radius 3 is 2.60 bits per heavy atom. The smallest absolute Gasteiger partial charge is 0.318 e. The van der Waals surface area contributed by atoms with Crippen LogP contribution >= 0.6 is 11.3 Å². The number of unbranched alkanes of at least 4 members (excludes halogenated alkanes) is 3. The normalized spacial score (nSPS) is 16.7. The monoisotopic (exact) mass is 762 g/mol. The molecule has 1 aliphatic carbocycles. The Labute approximate surface area is 331 Å². The molecule has 2 aliphatic rings. The summed E-state index contributed by atoms with van der Waals surface area (Å²) in [5.41, 5.74) is 11.7. The molecule has 10 nitrogen and oxygen atoms in total. The number of allylic oxidation sites excluding steroid dienone is 3. The summed E-state index contributed by atoms with van der Waals surface area (Å²) in [6.45, 7) is 15.0. The first-order valence-electron chi connectivity index (χ1n) is 19.8. The van der Waals surface area contributed by atoms with Crippen molar-refractivity contribution in [2.45, 2.75) is 98.8 Å². The number of nitrogens with two attached hydrogens (primary N) is 1. The average Bonchev–Trinajstić information content (AvgIpc) is 3.41. The maximum Gasteiger partial charge on any atom is 0.318 e. The third-order valence-electron chi connectivity index (χ3n) is 10.5. The van der Waals surface area contributed by atoms with E-state index in [1.165, 1.54) is 11.3 Å². The lowest BCUT2D eigenvalue weighted by molar-refractivity contribution is -0.124. The predicted molar refractivity (Wildman–Crippen MR) is 229 cm³/mol. The van der Waals surface area contributed by atoms with Crippen molar-refractivity contribution in [2.24, 2.45) is 16.1 Å². The van der Waals surface area contributed by atoms with Gasteiger partial charge in [-0.3, -0.25) is 15.2 Å². The Kier molecular flexibility index (Phi) is 13.7. The molecule has 3 heterocycles. The minimum absolute atomic E-state index is 0.0254. The van der Waals surface area contributed by atoms with Gasteiger partial charge in [-0.05, 0) is 55.9 Å². The number of benzene rings is 1. The number of rotatable bonds is 15. The van der Waals surface area contributed by atoms with Crippen LogP contribution in [0.2, 0.25) is 0 Å². The Morgan fingerprint density at radius 1 is 1.18 bits per heavy atom. The fraction of sp³-hybridized carbons (Fsp3) is 0.500. The van der Waals surface area contributed by atoms with Crippen molar-refractivity contribution >= 4 is 61.8 Å². The van der Waals surface area contributed by atoms with E-state index < -0.39 is 0 Å². The van der Waals surface area contributed by atoms with Crippen LogP contribution < -0.4 is 15.4 Å². The number of hydrogen-bond acceptors (Lipinski definition) is 10. The molecule has 0 radical (unpaired) electrons. The second kappa shape index (κ2) is 18.2. The molecule has 1 aliphatic heterocycles. The van der Waals surface area contributed by atoms with E-state index in [0.29, 0.717) is 71.9 Å². The van der Waals surface area contributed by atoms with Crippen molar-refractivity contribution in [1.82, 2.24) is 14.9 Å². The van der Waals surface area contributed by atoms with E-state index in [2.05, 4.69) is 51.7 Å². The summed E-state index contributed by atoms with van der Waals surface area (Å²) in [4.78, 5) is 32.4. The van der Waals surface area contributed by atoms with E-state index in [0.717, 1.165) is 71.0 Å². The van der Waals surface area contributed by atoms with Crippen LogP contribution in [0.3, 0.4) is 0 Å². The number of carbonyl (C=O) groups is 1. The van der Waals surface area contributed by atoms with Gasteiger partial charge in [0.15, 0.2) is 0 Å². The van der Waals surface area contributed by atoms with Crippen LogP contribution in [-0.4, -0.2) is 72.5 Å². The summed E-state index contributed by atoms with van der Waals surface area (Å²) >= 11 is 1.65. The number of likely N-dealkylation sites (N-methyl/N-ethyl adjacent to an activating group) is 1. The summed E-state index contributed by atoms with van der Waals surface area (Å²) in [5.74, 6) is 0.574. The predicted octanol–water partition coefficient (Wildman–Crippen LogP) is 9.40. The molecule has 0 spiro atoms. The van der Waals surface area contributed by atoms with Gasteiger partial charge in [0, 0.05) is 58.7 Å². The van der Waals surface area contributed by atoms with Crippen molar-refractivity contribution < 1.29 is 9.53 Å². The summed E-state index contributed by atoms with van der Waals surface area (Å²) in [6, 6.07) is 8.86. The molecule has 292 valence electrons. The van der Waals surface area contributed by atoms with Crippen molar-refractivity contribution in [3.63, 3.8) is 0 Å². The van der Waals surface area contributed by atoms with Crippen LogP contribution in [0.1, 0.15) is 126 Å². The highest BCUT2D eigenvalue weighted by atomic mass is 32.1.